The number of hydrogen-bond donors (Lipinski definition) is 13. The van der Waals surface area contributed by atoms with Crippen molar-refractivity contribution < 1.29 is 151 Å². The fourth-order valence-corrected chi connectivity index (χ4v) is 24.3. The van der Waals surface area contributed by atoms with E-state index in [4.69, 9.17) is 209 Å². The minimum absolute atomic E-state index is 0.0334. The number of aromatic amines is 2. The van der Waals surface area contributed by atoms with Crippen molar-refractivity contribution in [3.8, 4) is 0 Å². The topological polar surface area (TPSA) is 776 Å². The zero-order valence-electron chi connectivity index (χ0n) is 79.1. The van der Waals surface area contributed by atoms with E-state index in [1.807, 2.05) is 6.92 Å². The summed E-state index contributed by atoms with van der Waals surface area (Å²) in [5.41, 5.74) is 28.5. The van der Waals surface area contributed by atoms with E-state index in [9.17, 15) is 48.8 Å². The lowest BCUT2D eigenvalue weighted by atomic mass is 10.1. The average Bonchev–Trinajstić information content (AvgIpc) is 1.60. The molecule has 16 rings (SSSR count). The van der Waals surface area contributed by atoms with Gasteiger partial charge in [0, 0.05) is 65.5 Å². The third kappa shape index (κ3) is 25.8. The van der Waals surface area contributed by atoms with Crippen molar-refractivity contribution >= 4 is 167 Å². The van der Waals surface area contributed by atoms with Crippen LogP contribution in [-0.2, 0) is 180 Å². The van der Waals surface area contributed by atoms with E-state index in [1.54, 1.807) is 11.5 Å². The quantitative estimate of drug-likeness (QED) is 0.0157. The number of aryl methyl sites for hydroxylation is 2. The van der Waals surface area contributed by atoms with E-state index in [2.05, 4.69) is 69.8 Å². The maximum absolute atomic E-state index is 14.1. The monoisotopic (exact) mass is 2260 g/mol. The van der Waals surface area contributed by atoms with Crippen LogP contribution in [0.1, 0.15) is 68.3 Å². The van der Waals surface area contributed by atoms with Crippen LogP contribution in [0.15, 0.2) is 75.9 Å². The summed E-state index contributed by atoms with van der Waals surface area (Å²) in [7, 11) is 6.97. The predicted molar refractivity (Wildman–Crippen MR) is 525 cm³/mol. The van der Waals surface area contributed by atoms with Gasteiger partial charge in [0.05, 0.1) is 137 Å². The highest BCUT2D eigenvalue weighted by Crippen LogP contribution is 2.58. The molecule has 6 saturated heterocycles. The molecule has 0 aliphatic carbocycles. The molecular weight excluding hydrogens is 2150 g/mol. The summed E-state index contributed by atoms with van der Waals surface area (Å²) in [5.74, 6) is -0.412. The van der Waals surface area contributed by atoms with Crippen LogP contribution in [-0.4, -0.2) is 365 Å². The van der Waals surface area contributed by atoms with Crippen molar-refractivity contribution in [3.63, 3.8) is 0 Å². The summed E-state index contributed by atoms with van der Waals surface area (Å²) >= 11 is 29.2. The largest absolute Gasteiger partial charge is 0.387 e. The highest BCUT2D eigenvalue weighted by molar-refractivity contribution is 8.08. The van der Waals surface area contributed by atoms with Gasteiger partial charge in [0.2, 0.25) is 5.95 Å². The Morgan fingerprint density at radius 3 is 1.12 bits per heavy atom. The molecule has 61 nitrogen and oxygen atoms in total. The standard InChI is InChI=1S/C76H108N25O36P5S5/c1-9-37-38(20-44(127-37)98-31-88-45-60(78)82-28-85-63(45)98)133-138(107,143)123-24-40-50(56(119-17-12-114-6)71(130-40)97-22-36(3)67(103)95-76(97)106)135-140(109,145)125-26-42-52(57(120-18-13-115-7)72(131-42)100-33-90-47-62(80)84-30-87-65(47)100)136-142(111,147)126-27-43-53(58(121-19-14-116-8)73(132-43)101-34-91-48-66(101)93-74(81)94-68(48)104)137-141(110,146)124-25-41-51(55(118-16-11-113-5)70(129-41)96-21-35(2)59(77)92-75(96)105)134-139(108,144)122-23-39-49(102)54(117-15-10-112-4)69(128-39)99-32-89-46-61(79)83-29-86-64(46)99/h21-22,28-34,37-44,49-58,69-73,102H,9-20,23-27H2,1-8H3,(H,107,143)(H,108,144)(H,109,145)(H,110,146)(H,111,147)(H2,77,92,105)(H2,78,82,85)(H2,79,83,86)(H2,80,84,87)(H,95,103,106)(H3,81,93,94,104)/t37-,38?,39-,40-,41-,42-,43-,44-,49?,50?,51?,52?,53?,54+,55+,56+,57+,58+,69-,70-,71-,72-,73-,138?,139?,140?,141?,142?/m1/s1. The highest BCUT2D eigenvalue weighted by atomic mass is 32.5. The van der Waals surface area contributed by atoms with Gasteiger partial charge in [-0.05, 0) is 79.3 Å². The van der Waals surface area contributed by atoms with Crippen LogP contribution in [0.25, 0.3) is 44.7 Å². The number of methoxy groups -OCH3 is 5. The summed E-state index contributed by atoms with van der Waals surface area (Å²) in [5, 5.41) is 12.0. The number of aliphatic hydroxyl groups excluding tert-OH is 1. The van der Waals surface area contributed by atoms with E-state index < -0.39 is 230 Å². The second-order valence-corrected chi connectivity index (χ2v) is 47.4. The number of nitrogens with zero attached hydrogens (tertiary/aromatic N) is 18. The fourth-order valence-electron chi connectivity index (χ4n) is 17.1. The molecule has 10 aromatic heterocycles. The van der Waals surface area contributed by atoms with Crippen molar-refractivity contribution in [1.82, 2.24) is 97.2 Å². The van der Waals surface area contributed by atoms with Crippen LogP contribution in [0.2, 0.25) is 0 Å². The molecular formula is C76H108N25O36P5S5. The summed E-state index contributed by atoms with van der Waals surface area (Å²) in [6.45, 7) is -24.9. The SMILES string of the molecule is CC[C@H]1O[C@@H](n2cnc3c(N)ncnc32)CC1OP(O)(=S)OC[C@H]1O[C@@H](n2cc(C)c(=O)[nH]c2=O)[C@@H](OCCOC)C1OP(O)(=S)OC[C@H]1O[C@@H](n2cnc3c(N)ncnc32)[C@@H](OCCOC)C1OP(O)(=S)OC[C@H]1O[C@@H](n2cnc3c(=O)[nH]c(N)nc32)[C@@H](OCCOC)C1OP(O)(=S)OC[C@H]1O[C@@H](n2cc(C)c(N)nc2=O)[C@@H](OCCOC)C1OP(O)(=S)OC[C@H]1O[C@@H](n2cnc3c(N)ncnc32)[C@@H](OCCOC)C1O. The van der Waals surface area contributed by atoms with Gasteiger partial charge in [-0.1, -0.05) is 6.92 Å². The third-order valence-corrected chi connectivity index (χ3v) is 31.8. The Balaban J connectivity index is 0.690. The summed E-state index contributed by atoms with van der Waals surface area (Å²) in [6, 6.07) is 0. The van der Waals surface area contributed by atoms with Crippen LogP contribution >= 0.6 is 33.6 Å². The fraction of sp³-hybridized carbons (Fsp3) is 0.632. The van der Waals surface area contributed by atoms with E-state index in [1.165, 1.54) is 100 Å². The second-order valence-electron chi connectivity index (χ2n) is 33.5. The first-order valence-corrected chi connectivity index (χ1v) is 57.8. The van der Waals surface area contributed by atoms with Crippen molar-refractivity contribution in [1.29, 1.82) is 0 Å². The summed E-state index contributed by atoms with van der Waals surface area (Å²) in [4.78, 5) is 173. The molecule has 6 aliphatic rings. The van der Waals surface area contributed by atoms with Crippen LogP contribution in [0, 0.1) is 13.8 Å². The van der Waals surface area contributed by atoms with Gasteiger partial charge in [0.1, 0.15) is 139 Å². The average molecular weight is 2260 g/mol. The van der Waals surface area contributed by atoms with Crippen molar-refractivity contribution in [2.75, 3.05) is 163 Å². The molecule has 0 saturated carbocycles. The number of H-pyrrole nitrogens is 2. The Labute approximate surface area is 856 Å². The number of ether oxygens (including phenoxy) is 16. The first kappa shape index (κ1) is 112. The van der Waals surface area contributed by atoms with Gasteiger partial charge in [-0.25, -0.2) is 59.4 Å². The molecule has 0 spiro atoms. The zero-order chi connectivity index (χ0) is 105. The van der Waals surface area contributed by atoms with Gasteiger partial charge in [-0.3, -0.25) is 65.1 Å². The third-order valence-electron chi connectivity index (χ3n) is 23.9. The number of nitrogen functional groups attached to an aromatic ring is 5. The van der Waals surface area contributed by atoms with E-state index >= 15 is 0 Å². The van der Waals surface area contributed by atoms with Gasteiger partial charge in [-0.15, -0.1) is 0 Å². The zero-order valence-corrected chi connectivity index (χ0v) is 87.7. The molecule has 16 heterocycles. The van der Waals surface area contributed by atoms with Crippen LogP contribution < -0.4 is 51.2 Å². The molecule has 71 heteroatoms. The van der Waals surface area contributed by atoms with E-state index in [0.717, 1.165) is 21.8 Å². The number of hydrogen-bond acceptors (Lipinski definition) is 53. The van der Waals surface area contributed by atoms with Crippen molar-refractivity contribution in [3.05, 3.63) is 109 Å². The first-order chi connectivity index (χ1) is 70.2. The van der Waals surface area contributed by atoms with Crippen LogP contribution in [0.3, 0.4) is 0 Å². The molecule has 11 unspecified atom stereocenters. The Kier molecular flexibility index (Phi) is 37.0. The maximum atomic E-state index is 14.1. The predicted octanol–water partition coefficient (Wildman–Crippen LogP) is -1.23. The minimum atomic E-state index is -5.03. The lowest BCUT2D eigenvalue weighted by molar-refractivity contribution is -0.0828. The molecule has 0 bridgehead atoms. The minimum Gasteiger partial charge on any atom is -0.387 e. The number of rotatable bonds is 52. The Bertz CT molecular complexity index is 6790. The molecule has 147 heavy (non-hydrogen) atoms. The van der Waals surface area contributed by atoms with Crippen molar-refractivity contribution in [2.45, 2.75) is 175 Å². The van der Waals surface area contributed by atoms with Gasteiger partial charge in [-0.2, -0.15) is 9.97 Å². The smallest absolute Gasteiger partial charge is 0.351 e. The Morgan fingerprint density at radius 1 is 0.374 bits per heavy atom. The van der Waals surface area contributed by atoms with Crippen LogP contribution in [0.5, 0.6) is 0 Å². The molecule has 28 atom stereocenters. The number of anilines is 5. The molecule has 0 radical (unpaired) electrons. The molecule has 18 N–H and O–H groups in total. The highest BCUT2D eigenvalue weighted by Gasteiger charge is 2.58. The number of nitrogens with one attached hydrogen (secondary N) is 2. The maximum Gasteiger partial charge on any atom is 0.351 e. The lowest BCUT2D eigenvalue weighted by Gasteiger charge is -2.31. The van der Waals surface area contributed by atoms with Gasteiger partial charge >= 0.3 is 45.0 Å². The molecule has 0 aromatic carbocycles. The number of aliphatic hydroxyl groups is 1. The Hall–Kier alpha value is -7.47. The van der Waals surface area contributed by atoms with Crippen molar-refractivity contribution in [2.24, 2.45) is 0 Å². The first-order valence-electron chi connectivity index (χ1n) is 44.8. The van der Waals surface area contributed by atoms with Gasteiger partial charge < -0.3 is 161 Å². The molecule has 808 valence electrons. The van der Waals surface area contributed by atoms with Crippen LogP contribution in [0.4, 0.5) is 29.2 Å². The molecule has 6 fully saturated rings. The summed E-state index contributed by atoms with van der Waals surface area (Å²) in [6.07, 6.45) is -21.6. The normalized spacial score (nSPS) is 29.0. The second kappa shape index (κ2) is 48.5. The number of aromatic nitrogens is 20. The molecule has 0 amide bonds. The number of imidazole rings is 4. The Morgan fingerprint density at radius 2 is 0.714 bits per heavy atom. The number of nitrogens with two attached hydrogens (primary N) is 5. The molecule has 6 aliphatic heterocycles. The van der Waals surface area contributed by atoms with Gasteiger partial charge in [0.15, 0.2) is 76.7 Å². The van der Waals surface area contributed by atoms with E-state index in [-0.39, 0.29) is 146 Å². The van der Waals surface area contributed by atoms with E-state index in [0.29, 0.717) is 17.6 Å². The molecule has 10 aromatic rings. The summed E-state index contributed by atoms with van der Waals surface area (Å²) < 4.78 is 169. The number of fused-ring (bicyclic) bond motifs is 4. The van der Waals surface area contributed by atoms with Gasteiger partial charge in [0.25, 0.3) is 11.1 Å². The lowest BCUT2D eigenvalue weighted by Crippen LogP contribution is -2.41.